The van der Waals surface area contributed by atoms with E-state index in [4.69, 9.17) is 0 Å². The van der Waals surface area contributed by atoms with Crippen molar-refractivity contribution in [1.29, 1.82) is 0 Å². The molecule has 5 nitrogen and oxygen atoms in total. The van der Waals surface area contributed by atoms with Gasteiger partial charge < -0.3 is 0 Å². The Kier molecular flexibility index (Phi) is 2.81. The third-order valence-corrected chi connectivity index (χ3v) is 3.57. The highest BCUT2D eigenvalue weighted by Gasteiger charge is 2.27. The standard InChI is InChI=1S/C14H16N4O/c1-17(12-8-3-4-9-15-12)14(19)13-10-6-5-7-11(10)16-18(13)2/h3-4,8-9H,5-7H2,1-2H3. The predicted molar refractivity (Wildman–Crippen MR) is 72.2 cm³/mol. The van der Waals surface area contributed by atoms with Gasteiger partial charge in [0.15, 0.2) is 0 Å². The van der Waals surface area contributed by atoms with Crippen molar-refractivity contribution in [3.63, 3.8) is 0 Å². The number of fused-ring (bicyclic) bond motifs is 1. The van der Waals surface area contributed by atoms with Gasteiger partial charge in [-0.3, -0.25) is 14.4 Å². The highest BCUT2D eigenvalue weighted by atomic mass is 16.2. The summed E-state index contributed by atoms with van der Waals surface area (Å²) >= 11 is 0. The number of hydrogen-bond donors (Lipinski definition) is 0. The Hall–Kier alpha value is -2.17. The van der Waals surface area contributed by atoms with Crippen LogP contribution in [0.15, 0.2) is 24.4 Å². The second-order valence-corrected chi connectivity index (χ2v) is 4.80. The lowest BCUT2D eigenvalue weighted by Gasteiger charge is -2.16. The molecule has 0 aromatic carbocycles. The van der Waals surface area contributed by atoms with Gasteiger partial charge in [0.1, 0.15) is 11.5 Å². The van der Waals surface area contributed by atoms with E-state index in [1.807, 2.05) is 25.2 Å². The first kappa shape index (κ1) is 11.9. The van der Waals surface area contributed by atoms with E-state index in [2.05, 4.69) is 10.1 Å². The number of carbonyl (C=O) groups excluding carboxylic acids is 1. The Morgan fingerprint density at radius 3 is 2.95 bits per heavy atom. The first-order valence-corrected chi connectivity index (χ1v) is 6.42. The van der Waals surface area contributed by atoms with Gasteiger partial charge in [-0.1, -0.05) is 6.07 Å². The van der Waals surface area contributed by atoms with Gasteiger partial charge >= 0.3 is 0 Å². The second-order valence-electron chi connectivity index (χ2n) is 4.80. The highest BCUT2D eigenvalue weighted by Crippen LogP contribution is 2.25. The number of pyridine rings is 1. The zero-order valence-electron chi connectivity index (χ0n) is 11.1. The molecule has 2 aromatic rings. The average molecular weight is 256 g/mol. The van der Waals surface area contributed by atoms with E-state index in [9.17, 15) is 4.79 Å². The number of rotatable bonds is 2. The van der Waals surface area contributed by atoms with E-state index in [0.29, 0.717) is 11.5 Å². The van der Waals surface area contributed by atoms with Crippen molar-refractivity contribution in [1.82, 2.24) is 14.8 Å². The van der Waals surface area contributed by atoms with Crippen LogP contribution in [0.1, 0.15) is 28.2 Å². The first-order chi connectivity index (χ1) is 9.18. The maximum atomic E-state index is 12.6. The van der Waals surface area contributed by atoms with Crippen LogP contribution in [0.5, 0.6) is 0 Å². The summed E-state index contributed by atoms with van der Waals surface area (Å²) in [6.45, 7) is 0. The monoisotopic (exact) mass is 256 g/mol. The molecule has 5 heteroatoms. The molecular formula is C14H16N4O. The molecule has 1 aliphatic rings. The lowest BCUT2D eigenvalue weighted by Crippen LogP contribution is -2.29. The molecule has 0 atom stereocenters. The minimum atomic E-state index is -0.0446. The van der Waals surface area contributed by atoms with Crippen LogP contribution in [0.3, 0.4) is 0 Å². The third-order valence-electron chi connectivity index (χ3n) is 3.57. The van der Waals surface area contributed by atoms with Crippen LogP contribution >= 0.6 is 0 Å². The minimum Gasteiger partial charge on any atom is -0.294 e. The molecule has 1 amide bonds. The molecule has 2 aromatic heterocycles. The zero-order chi connectivity index (χ0) is 13.4. The van der Waals surface area contributed by atoms with Gasteiger partial charge in [0.25, 0.3) is 5.91 Å². The summed E-state index contributed by atoms with van der Waals surface area (Å²) in [5.74, 6) is 0.609. The van der Waals surface area contributed by atoms with Gasteiger partial charge in [0, 0.05) is 25.9 Å². The van der Waals surface area contributed by atoms with Crippen molar-refractivity contribution in [2.45, 2.75) is 19.3 Å². The Morgan fingerprint density at radius 1 is 1.37 bits per heavy atom. The van der Waals surface area contributed by atoms with Crippen LogP contribution < -0.4 is 4.90 Å². The molecule has 0 saturated carbocycles. The van der Waals surface area contributed by atoms with E-state index in [-0.39, 0.29) is 5.91 Å². The van der Waals surface area contributed by atoms with Crippen LogP contribution in [0.25, 0.3) is 0 Å². The third kappa shape index (κ3) is 1.91. The highest BCUT2D eigenvalue weighted by molar-refractivity contribution is 6.05. The maximum Gasteiger partial charge on any atom is 0.277 e. The lowest BCUT2D eigenvalue weighted by atomic mass is 10.2. The van der Waals surface area contributed by atoms with Crippen LogP contribution in [0.4, 0.5) is 5.82 Å². The predicted octanol–water partition coefficient (Wildman–Crippen LogP) is 1.58. The summed E-state index contributed by atoms with van der Waals surface area (Å²) < 4.78 is 1.70. The molecule has 0 spiro atoms. The summed E-state index contributed by atoms with van der Waals surface area (Å²) in [6, 6.07) is 5.54. The summed E-state index contributed by atoms with van der Waals surface area (Å²) in [7, 11) is 3.58. The molecular weight excluding hydrogens is 240 g/mol. The van der Waals surface area contributed by atoms with Crippen molar-refractivity contribution in [3.8, 4) is 0 Å². The van der Waals surface area contributed by atoms with E-state index >= 15 is 0 Å². The lowest BCUT2D eigenvalue weighted by molar-refractivity contribution is 0.0982. The fourth-order valence-electron chi connectivity index (χ4n) is 2.60. The molecule has 0 bridgehead atoms. The van der Waals surface area contributed by atoms with E-state index in [1.165, 1.54) is 0 Å². The number of anilines is 1. The summed E-state index contributed by atoms with van der Waals surface area (Å²) in [5, 5.41) is 4.44. The minimum absolute atomic E-state index is 0.0446. The SMILES string of the molecule is CN(C(=O)c1c2c(nn1C)CCC2)c1ccccn1. The van der Waals surface area contributed by atoms with Crippen LogP contribution in [-0.2, 0) is 19.9 Å². The number of aryl methyl sites for hydroxylation is 2. The van der Waals surface area contributed by atoms with Gasteiger partial charge in [0.2, 0.25) is 0 Å². The van der Waals surface area contributed by atoms with Crippen molar-refractivity contribution in [3.05, 3.63) is 41.3 Å². The zero-order valence-corrected chi connectivity index (χ0v) is 11.1. The number of hydrogen-bond acceptors (Lipinski definition) is 3. The Balaban J connectivity index is 1.97. The van der Waals surface area contributed by atoms with Crippen molar-refractivity contribution in [2.75, 3.05) is 11.9 Å². The number of amides is 1. The Bertz CT molecular complexity index is 618. The molecule has 19 heavy (non-hydrogen) atoms. The smallest absolute Gasteiger partial charge is 0.277 e. The molecule has 2 heterocycles. The molecule has 3 rings (SSSR count). The van der Waals surface area contributed by atoms with Gasteiger partial charge in [-0.15, -0.1) is 0 Å². The van der Waals surface area contributed by atoms with E-state index in [1.54, 1.807) is 22.8 Å². The number of carbonyl (C=O) groups is 1. The van der Waals surface area contributed by atoms with E-state index in [0.717, 1.165) is 30.5 Å². The van der Waals surface area contributed by atoms with Crippen molar-refractivity contribution < 1.29 is 4.79 Å². The summed E-state index contributed by atoms with van der Waals surface area (Å²) in [6.07, 6.45) is 4.70. The molecule has 0 unspecified atom stereocenters. The molecule has 0 fully saturated rings. The quantitative estimate of drug-likeness (QED) is 0.819. The fourth-order valence-corrected chi connectivity index (χ4v) is 2.60. The van der Waals surface area contributed by atoms with Gasteiger partial charge in [-0.25, -0.2) is 4.98 Å². The van der Waals surface area contributed by atoms with Crippen molar-refractivity contribution in [2.24, 2.45) is 7.05 Å². The van der Waals surface area contributed by atoms with Gasteiger partial charge in [0.05, 0.1) is 5.69 Å². The molecule has 1 aliphatic carbocycles. The summed E-state index contributed by atoms with van der Waals surface area (Å²) in [4.78, 5) is 18.4. The number of aromatic nitrogens is 3. The molecule has 0 aliphatic heterocycles. The topological polar surface area (TPSA) is 51.0 Å². The number of nitrogens with zero attached hydrogens (tertiary/aromatic N) is 4. The van der Waals surface area contributed by atoms with Crippen LogP contribution in [0, 0.1) is 0 Å². The Labute approximate surface area is 111 Å². The van der Waals surface area contributed by atoms with E-state index < -0.39 is 0 Å². The molecule has 0 N–H and O–H groups in total. The Morgan fingerprint density at radius 2 is 2.21 bits per heavy atom. The second kappa shape index (κ2) is 4.50. The van der Waals surface area contributed by atoms with Crippen LogP contribution in [-0.4, -0.2) is 27.7 Å². The molecule has 0 saturated heterocycles. The fraction of sp³-hybridized carbons (Fsp3) is 0.357. The van der Waals surface area contributed by atoms with Crippen LogP contribution in [0.2, 0.25) is 0 Å². The first-order valence-electron chi connectivity index (χ1n) is 6.42. The normalized spacial score (nSPS) is 13.4. The largest absolute Gasteiger partial charge is 0.294 e. The van der Waals surface area contributed by atoms with Crippen molar-refractivity contribution >= 4 is 11.7 Å². The summed E-state index contributed by atoms with van der Waals surface area (Å²) in [5.41, 5.74) is 2.87. The van der Waals surface area contributed by atoms with Gasteiger partial charge in [-0.05, 0) is 31.4 Å². The maximum absolute atomic E-state index is 12.6. The average Bonchev–Trinajstić information content (AvgIpc) is 2.98. The van der Waals surface area contributed by atoms with Gasteiger partial charge in [-0.2, -0.15) is 5.10 Å². The molecule has 0 radical (unpaired) electrons. The molecule has 98 valence electrons.